The van der Waals surface area contributed by atoms with Crippen molar-refractivity contribution in [2.24, 2.45) is 10.2 Å². The maximum absolute atomic E-state index is 13.5. The normalized spacial score (nSPS) is 11.6. The summed E-state index contributed by atoms with van der Waals surface area (Å²) in [5.74, 6) is -2.27. The zero-order valence-electron chi connectivity index (χ0n) is 10.6. The van der Waals surface area contributed by atoms with Gasteiger partial charge >= 0.3 is 0 Å². The van der Waals surface area contributed by atoms with Crippen LogP contribution in [0, 0.1) is 24.4 Å². The molecule has 0 aliphatic carbocycles. The highest BCUT2D eigenvalue weighted by atomic mass is 19.2. The maximum atomic E-state index is 13.5. The van der Waals surface area contributed by atoms with Gasteiger partial charge in [0.25, 0.3) is 0 Å². The lowest BCUT2D eigenvalue weighted by Crippen LogP contribution is -1.89. The van der Waals surface area contributed by atoms with Crippen LogP contribution in [0.25, 0.3) is 0 Å². The van der Waals surface area contributed by atoms with Gasteiger partial charge < -0.3 is 0 Å². The molecule has 2 aromatic carbocycles. The Bertz CT molecular complexity index is 679. The lowest BCUT2D eigenvalue weighted by Gasteiger charge is -1.96. The van der Waals surface area contributed by atoms with Crippen LogP contribution in [0.4, 0.5) is 13.2 Å². The third kappa shape index (κ3) is 3.54. The Kier molecular flexibility index (Phi) is 4.30. The Hall–Kier alpha value is -2.43. The van der Waals surface area contributed by atoms with E-state index in [1.54, 1.807) is 19.1 Å². The molecule has 102 valence electrons. The highest BCUT2D eigenvalue weighted by Gasteiger charge is 2.00. The standard InChI is InChI=1S/C15H11F3N2/c1-10-2-4-12(14(17)6-10)9-20-19-8-11-3-5-13(16)15(18)7-11/h2-9H,1H3. The van der Waals surface area contributed by atoms with Crippen molar-refractivity contribution < 1.29 is 13.2 Å². The van der Waals surface area contributed by atoms with Gasteiger partial charge in [-0.1, -0.05) is 18.2 Å². The van der Waals surface area contributed by atoms with Gasteiger partial charge in [0.2, 0.25) is 0 Å². The van der Waals surface area contributed by atoms with Crippen molar-refractivity contribution in [2.45, 2.75) is 6.92 Å². The Morgan fingerprint density at radius 2 is 1.55 bits per heavy atom. The predicted octanol–water partition coefficient (Wildman–Crippen LogP) is 3.87. The van der Waals surface area contributed by atoms with Crippen LogP contribution < -0.4 is 0 Å². The molecule has 0 fully saturated rings. The average Bonchev–Trinajstić information content (AvgIpc) is 2.40. The summed E-state index contributed by atoms with van der Waals surface area (Å²) in [4.78, 5) is 0. The molecule has 0 N–H and O–H groups in total. The van der Waals surface area contributed by atoms with E-state index in [1.807, 2.05) is 0 Å². The van der Waals surface area contributed by atoms with E-state index in [0.717, 1.165) is 17.7 Å². The van der Waals surface area contributed by atoms with Crippen LogP contribution in [0.1, 0.15) is 16.7 Å². The smallest absolute Gasteiger partial charge is 0.159 e. The molecule has 0 aromatic heterocycles. The Morgan fingerprint density at radius 3 is 2.25 bits per heavy atom. The van der Waals surface area contributed by atoms with Crippen molar-refractivity contribution in [1.82, 2.24) is 0 Å². The molecule has 0 saturated heterocycles. The van der Waals surface area contributed by atoms with Crippen molar-refractivity contribution in [3.8, 4) is 0 Å². The topological polar surface area (TPSA) is 24.7 Å². The van der Waals surface area contributed by atoms with Crippen LogP contribution in [0.2, 0.25) is 0 Å². The summed E-state index contributed by atoms with van der Waals surface area (Å²) in [5, 5.41) is 7.33. The van der Waals surface area contributed by atoms with Crippen molar-refractivity contribution in [3.05, 3.63) is 70.5 Å². The van der Waals surface area contributed by atoms with Gasteiger partial charge in [0.1, 0.15) is 5.82 Å². The second-order valence-corrected chi connectivity index (χ2v) is 4.19. The molecule has 0 aliphatic rings. The van der Waals surface area contributed by atoms with E-state index in [2.05, 4.69) is 10.2 Å². The van der Waals surface area contributed by atoms with Gasteiger partial charge in [-0.2, -0.15) is 10.2 Å². The first-order valence-electron chi connectivity index (χ1n) is 5.84. The Morgan fingerprint density at radius 1 is 0.800 bits per heavy atom. The molecule has 2 aromatic rings. The zero-order valence-corrected chi connectivity index (χ0v) is 10.6. The number of benzene rings is 2. The maximum Gasteiger partial charge on any atom is 0.159 e. The van der Waals surface area contributed by atoms with E-state index in [4.69, 9.17) is 0 Å². The van der Waals surface area contributed by atoms with Crippen LogP contribution in [0.3, 0.4) is 0 Å². The molecule has 0 amide bonds. The van der Waals surface area contributed by atoms with Crippen LogP contribution in [0.15, 0.2) is 46.6 Å². The molecule has 0 atom stereocenters. The molecular formula is C15H11F3N2. The molecule has 0 saturated carbocycles. The summed E-state index contributed by atoms with van der Waals surface area (Å²) in [5.41, 5.74) is 1.48. The molecule has 0 aliphatic heterocycles. The monoisotopic (exact) mass is 276 g/mol. The first-order chi connectivity index (χ1) is 9.56. The van der Waals surface area contributed by atoms with Crippen molar-refractivity contribution in [1.29, 1.82) is 0 Å². The summed E-state index contributed by atoms with van der Waals surface area (Å²) in [6.07, 6.45) is 2.51. The van der Waals surface area contributed by atoms with Crippen LogP contribution in [-0.2, 0) is 0 Å². The van der Waals surface area contributed by atoms with Gasteiger partial charge in [-0.3, -0.25) is 0 Å². The fourth-order valence-corrected chi connectivity index (χ4v) is 1.53. The fraction of sp³-hybridized carbons (Fsp3) is 0.0667. The molecule has 0 spiro atoms. The Balaban J connectivity index is 2.09. The van der Waals surface area contributed by atoms with Crippen LogP contribution >= 0.6 is 0 Å². The molecule has 2 nitrogen and oxygen atoms in total. The summed E-state index contributed by atoms with van der Waals surface area (Å²) >= 11 is 0. The van der Waals surface area contributed by atoms with E-state index < -0.39 is 17.5 Å². The molecule has 0 unspecified atom stereocenters. The molecule has 5 heteroatoms. The minimum atomic E-state index is -0.956. The highest BCUT2D eigenvalue weighted by Crippen LogP contribution is 2.08. The number of hydrogen-bond acceptors (Lipinski definition) is 2. The van der Waals surface area contributed by atoms with Gasteiger partial charge in [0.05, 0.1) is 12.4 Å². The van der Waals surface area contributed by atoms with Crippen molar-refractivity contribution in [2.75, 3.05) is 0 Å². The summed E-state index contributed by atoms with van der Waals surface area (Å²) in [6.45, 7) is 1.78. The minimum Gasteiger partial charge on any atom is -0.206 e. The first kappa shape index (κ1) is 14.0. The number of halogens is 3. The average molecular weight is 276 g/mol. The van der Waals surface area contributed by atoms with Gasteiger partial charge in [0.15, 0.2) is 11.6 Å². The highest BCUT2D eigenvalue weighted by molar-refractivity contribution is 5.82. The lowest BCUT2D eigenvalue weighted by molar-refractivity contribution is 0.508. The van der Waals surface area contributed by atoms with Crippen LogP contribution in [-0.4, -0.2) is 12.4 Å². The zero-order chi connectivity index (χ0) is 14.5. The second kappa shape index (κ2) is 6.14. The largest absolute Gasteiger partial charge is 0.206 e. The first-order valence-corrected chi connectivity index (χ1v) is 5.84. The third-order valence-corrected chi connectivity index (χ3v) is 2.57. The van der Waals surface area contributed by atoms with E-state index >= 15 is 0 Å². The number of rotatable bonds is 3. The van der Waals surface area contributed by atoms with E-state index in [9.17, 15) is 13.2 Å². The molecule has 20 heavy (non-hydrogen) atoms. The molecule has 2 rings (SSSR count). The molecule has 0 bridgehead atoms. The third-order valence-electron chi connectivity index (χ3n) is 2.57. The summed E-state index contributed by atoms with van der Waals surface area (Å²) < 4.78 is 39.1. The molecule has 0 heterocycles. The Labute approximate surface area is 114 Å². The van der Waals surface area contributed by atoms with E-state index in [0.29, 0.717) is 11.1 Å². The van der Waals surface area contributed by atoms with Gasteiger partial charge in [-0.05, 0) is 36.2 Å². The number of hydrogen-bond donors (Lipinski definition) is 0. The molecule has 0 radical (unpaired) electrons. The van der Waals surface area contributed by atoms with E-state index in [1.165, 1.54) is 24.6 Å². The SMILES string of the molecule is Cc1ccc(C=NN=Cc2ccc(F)c(F)c2)c(F)c1. The van der Waals surface area contributed by atoms with E-state index in [-0.39, 0.29) is 0 Å². The van der Waals surface area contributed by atoms with Gasteiger partial charge in [-0.25, -0.2) is 13.2 Å². The summed E-state index contributed by atoms with van der Waals surface area (Å²) in [6, 6.07) is 8.09. The summed E-state index contributed by atoms with van der Waals surface area (Å²) in [7, 11) is 0. The molecular weight excluding hydrogens is 265 g/mol. The van der Waals surface area contributed by atoms with Gasteiger partial charge in [0, 0.05) is 5.56 Å². The van der Waals surface area contributed by atoms with Crippen molar-refractivity contribution >= 4 is 12.4 Å². The van der Waals surface area contributed by atoms with Crippen molar-refractivity contribution in [3.63, 3.8) is 0 Å². The quantitative estimate of drug-likeness (QED) is 0.600. The van der Waals surface area contributed by atoms with Crippen LogP contribution in [0.5, 0.6) is 0 Å². The lowest BCUT2D eigenvalue weighted by atomic mass is 10.1. The number of aryl methyl sites for hydroxylation is 1. The number of nitrogens with zero attached hydrogens (tertiary/aromatic N) is 2. The fourth-order valence-electron chi connectivity index (χ4n) is 1.53. The minimum absolute atomic E-state index is 0.304. The second-order valence-electron chi connectivity index (χ2n) is 4.19. The predicted molar refractivity (Wildman–Crippen MR) is 72.7 cm³/mol. The van der Waals surface area contributed by atoms with Gasteiger partial charge in [-0.15, -0.1) is 0 Å².